The van der Waals surface area contributed by atoms with Crippen LogP contribution in [0.4, 0.5) is 5.82 Å². The first-order chi connectivity index (χ1) is 9.09. The van der Waals surface area contributed by atoms with Crippen molar-refractivity contribution in [2.75, 3.05) is 11.4 Å². The highest BCUT2D eigenvalue weighted by Gasteiger charge is 2.16. The lowest BCUT2D eigenvalue weighted by atomic mass is 10.1. The fraction of sp³-hybridized carbons (Fsp3) is 0.357. The fourth-order valence-electron chi connectivity index (χ4n) is 2.05. The number of carboxylic acids is 1. The average molecular weight is 259 g/mol. The number of nitrogens with zero attached hydrogens (tertiary/aromatic N) is 3. The fourth-order valence-corrected chi connectivity index (χ4v) is 2.05. The average Bonchev–Trinajstić information content (AvgIpc) is 2.38. The van der Waals surface area contributed by atoms with Gasteiger partial charge in [0, 0.05) is 23.4 Å². The SMILES string of the molecule is CC(C)N(CCC(=O)O)c1nncc2ccccc12. The van der Waals surface area contributed by atoms with Crippen molar-refractivity contribution in [2.45, 2.75) is 26.3 Å². The van der Waals surface area contributed by atoms with Crippen molar-refractivity contribution >= 4 is 22.6 Å². The molecule has 100 valence electrons. The molecule has 19 heavy (non-hydrogen) atoms. The number of rotatable bonds is 5. The molecule has 1 N–H and O–H groups in total. The predicted octanol–water partition coefficient (Wildman–Crippen LogP) is 2.32. The van der Waals surface area contributed by atoms with Gasteiger partial charge in [-0.2, -0.15) is 5.10 Å². The molecule has 0 aliphatic heterocycles. The maximum Gasteiger partial charge on any atom is 0.305 e. The van der Waals surface area contributed by atoms with Gasteiger partial charge in [-0.3, -0.25) is 4.79 Å². The zero-order chi connectivity index (χ0) is 13.8. The lowest BCUT2D eigenvalue weighted by Gasteiger charge is -2.27. The van der Waals surface area contributed by atoms with E-state index in [1.54, 1.807) is 6.20 Å². The van der Waals surface area contributed by atoms with Gasteiger partial charge in [-0.05, 0) is 13.8 Å². The van der Waals surface area contributed by atoms with E-state index in [4.69, 9.17) is 5.11 Å². The van der Waals surface area contributed by atoms with Gasteiger partial charge in [0.25, 0.3) is 0 Å². The summed E-state index contributed by atoms with van der Waals surface area (Å²) >= 11 is 0. The molecule has 1 aromatic carbocycles. The largest absolute Gasteiger partial charge is 0.481 e. The van der Waals surface area contributed by atoms with Crippen LogP contribution in [0.2, 0.25) is 0 Å². The van der Waals surface area contributed by atoms with Gasteiger partial charge < -0.3 is 10.0 Å². The minimum absolute atomic E-state index is 0.0864. The molecule has 1 aromatic heterocycles. The number of anilines is 1. The Bertz CT molecular complexity index is 578. The first-order valence-corrected chi connectivity index (χ1v) is 6.28. The molecule has 5 nitrogen and oxygen atoms in total. The molecule has 0 radical (unpaired) electrons. The molecule has 0 aliphatic rings. The highest BCUT2D eigenvalue weighted by atomic mass is 16.4. The van der Waals surface area contributed by atoms with Gasteiger partial charge in [-0.25, -0.2) is 0 Å². The molecule has 0 unspecified atom stereocenters. The highest BCUT2D eigenvalue weighted by Crippen LogP contribution is 2.24. The summed E-state index contributed by atoms with van der Waals surface area (Å²) in [6.07, 6.45) is 1.80. The lowest BCUT2D eigenvalue weighted by molar-refractivity contribution is -0.136. The van der Waals surface area contributed by atoms with Crippen LogP contribution in [0.25, 0.3) is 10.8 Å². The van der Waals surface area contributed by atoms with Gasteiger partial charge in [0.15, 0.2) is 5.82 Å². The van der Waals surface area contributed by atoms with Crippen LogP contribution in [-0.2, 0) is 4.79 Å². The molecule has 5 heteroatoms. The Morgan fingerprint density at radius 2 is 2.11 bits per heavy atom. The summed E-state index contributed by atoms with van der Waals surface area (Å²) in [5, 5.41) is 19.0. The zero-order valence-electron chi connectivity index (χ0n) is 11.1. The van der Waals surface area contributed by atoms with Crippen molar-refractivity contribution < 1.29 is 9.90 Å². The molecule has 0 atom stereocenters. The first-order valence-electron chi connectivity index (χ1n) is 6.28. The summed E-state index contributed by atoms with van der Waals surface area (Å²) in [6.45, 7) is 4.46. The van der Waals surface area contributed by atoms with E-state index in [0.29, 0.717) is 6.54 Å². The van der Waals surface area contributed by atoms with Gasteiger partial charge in [-0.15, -0.1) is 5.10 Å². The van der Waals surface area contributed by atoms with E-state index in [1.807, 2.05) is 43.0 Å². The number of aromatic nitrogens is 2. The number of hydrogen-bond donors (Lipinski definition) is 1. The molecular weight excluding hydrogens is 242 g/mol. The monoisotopic (exact) mass is 259 g/mol. The smallest absolute Gasteiger partial charge is 0.305 e. The van der Waals surface area contributed by atoms with Crippen molar-refractivity contribution in [3.05, 3.63) is 30.5 Å². The maximum absolute atomic E-state index is 10.8. The van der Waals surface area contributed by atoms with Crippen LogP contribution in [0.3, 0.4) is 0 Å². The van der Waals surface area contributed by atoms with Crippen LogP contribution in [0.5, 0.6) is 0 Å². The van der Waals surface area contributed by atoms with Crippen LogP contribution in [0, 0.1) is 0 Å². The second-order valence-electron chi connectivity index (χ2n) is 4.69. The van der Waals surface area contributed by atoms with E-state index in [2.05, 4.69) is 10.2 Å². The van der Waals surface area contributed by atoms with Crippen molar-refractivity contribution in [1.29, 1.82) is 0 Å². The topological polar surface area (TPSA) is 66.3 Å². The Morgan fingerprint density at radius 3 is 2.79 bits per heavy atom. The quantitative estimate of drug-likeness (QED) is 0.892. The van der Waals surface area contributed by atoms with Gasteiger partial charge >= 0.3 is 5.97 Å². The van der Waals surface area contributed by atoms with Crippen LogP contribution < -0.4 is 4.90 Å². The number of benzene rings is 1. The Hall–Kier alpha value is -2.17. The predicted molar refractivity (Wildman–Crippen MR) is 74.3 cm³/mol. The van der Waals surface area contributed by atoms with Gasteiger partial charge in [-0.1, -0.05) is 24.3 Å². The van der Waals surface area contributed by atoms with Crippen molar-refractivity contribution in [1.82, 2.24) is 10.2 Å². The van der Waals surface area contributed by atoms with E-state index in [0.717, 1.165) is 16.6 Å². The third-order valence-corrected chi connectivity index (χ3v) is 3.01. The molecular formula is C14H17N3O2. The van der Waals surface area contributed by atoms with E-state index in [-0.39, 0.29) is 12.5 Å². The van der Waals surface area contributed by atoms with Crippen molar-refractivity contribution in [3.8, 4) is 0 Å². The standard InChI is InChI=1S/C14H17N3O2/c1-10(2)17(8-7-13(18)19)14-12-6-4-3-5-11(12)9-15-16-14/h3-6,9-10H,7-8H2,1-2H3,(H,18,19). The minimum atomic E-state index is -0.807. The van der Waals surface area contributed by atoms with E-state index < -0.39 is 5.97 Å². The summed E-state index contributed by atoms with van der Waals surface area (Å²) in [4.78, 5) is 12.7. The van der Waals surface area contributed by atoms with Crippen LogP contribution >= 0.6 is 0 Å². The molecule has 2 aromatic rings. The van der Waals surface area contributed by atoms with E-state index in [1.165, 1.54) is 0 Å². The van der Waals surface area contributed by atoms with Crippen molar-refractivity contribution in [2.24, 2.45) is 0 Å². The van der Waals surface area contributed by atoms with Crippen LogP contribution in [0.1, 0.15) is 20.3 Å². The number of carbonyl (C=O) groups is 1. The number of carboxylic acid groups (broad SMARTS) is 1. The molecule has 2 rings (SSSR count). The Balaban J connectivity index is 2.41. The first kappa shape index (κ1) is 13.3. The second kappa shape index (κ2) is 5.65. The third-order valence-electron chi connectivity index (χ3n) is 3.01. The third kappa shape index (κ3) is 2.99. The number of aliphatic carboxylic acids is 1. The molecule has 0 fully saturated rings. The molecule has 0 saturated carbocycles. The molecule has 0 spiro atoms. The van der Waals surface area contributed by atoms with Crippen molar-refractivity contribution in [3.63, 3.8) is 0 Å². The minimum Gasteiger partial charge on any atom is -0.481 e. The number of fused-ring (bicyclic) bond motifs is 1. The van der Waals surface area contributed by atoms with Gasteiger partial charge in [0.1, 0.15) is 0 Å². The highest BCUT2D eigenvalue weighted by molar-refractivity contribution is 5.91. The molecule has 1 heterocycles. The number of hydrogen-bond acceptors (Lipinski definition) is 4. The summed E-state index contributed by atoms with van der Waals surface area (Å²) in [5.41, 5.74) is 0. The molecule has 0 amide bonds. The molecule has 0 bridgehead atoms. The van der Waals surface area contributed by atoms with E-state index in [9.17, 15) is 4.79 Å². The summed E-state index contributed by atoms with van der Waals surface area (Å²) < 4.78 is 0. The normalized spacial score (nSPS) is 10.9. The van der Waals surface area contributed by atoms with Crippen LogP contribution in [-0.4, -0.2) is 33.9 Å². The zero-order valence-corrected chi connectivity index (χ0v) is 11.1. The molecule has 0 saturated heterocycles. The Morgan fingerprint density at radius 1 is 1.37 bits per heavy atom. The Labute approximate surface area is 111 Å². The van der Waals surface area contributed by atoms with Gasteiger partial charge in [0.2, 0.25) is 0 Å². The summed E-state index contributed by atoms with van der Waals surface area (Å²) in [5.74, 6) is -0.0619. The maximum atomic E-state index is 10.8. The van der Waals surface area contributed by atoms with E-state index >= 15 is 0 Å². The lowest BCUT2D eigenvalue weighted by Crippen LogP contribution is -2.33. The van der Waals surface area contributed by atoms with Crippen LogP contribution in [0.15, 0.2) is 30.5 Å². The van der Waals surface area contributed by atoms with Gasteiger partial charge in [0.05, 0.1) is 12.6 Å². The summed E-state index contributed by atoms with van der Waals surface area (Å²) in [6, 6.07) is 8.02. The second-order valence-corrected chi connectivity index (χ2v) is 4.69. The Kier molecular flexibility index (Phi) is 3.94. The molecule has 0 aliphatic carbocycles. The summed E-state index contributed by atoms with van der Waals surface area (Å²) in [7, 11) is 0.